The number of hydrogen-bond acceptors (Lipinski definition) is 7. The van der Waals surface area contributed by atoms with Gasteiger partial charge in [0.05, 0.1) is 6.61 Å². The van der Waals surface area contributed by atoms with Crippen LogP contribution in [0.1, 0.15) is 24.8 Å². The van der Waals surface area contributed by atoms with E-state index in [-0.39, 0.29) is 30.4 Å². The summed E-state index contributed by atoms with van der Waals surface area (Å²) in [5, 5.41) is 11.8. The fourth-order valence-electron chi connectivity index (χ4n) is 2.74. The van der Waals surface area contributed by atoms with Gasteiger partial charge in [-0.15, -0.1) is 10.2 Å². The maximum atomic E-state index is 12.5. The van der Waals surface area contributed by atoms with Crippen molar-refractivity contribution in [1.82, 2.24) is 15.1 Å². The first-order chi connectivity index (χ1) is 14.5. The zero-order chi connectivity index (χ0) is 21.5. The molecular weight excluding hydrogens is 416 g/mol. The third kappa shape index (κ3) is 5.76. The first-order valence-corrected chi connectivity index (χ1v) is 10.2. The number of halogens is 2. The average molecular weight is 437 g/mol. The van der Waals surface area contributed by atoms with E-state index in [1.165, 1.54) is 22.3 Å². The Hall–Kier alpha value is -3.01. The van der Waals surface area contributed by atoms with Gasteiger partial charge in [-0.05, 0) is 36.1 Å². The Kier molecular flexibility index (Phi) is 7.34. The molecule has 0 unspecified atom stereocenters. The molecule has 0 saturated heterocycles. The topological polar surface area (TPSA) is 77.7 Å². The lowest BCUT2D eigenvalue weighted by molar-refractivity contribution is -0.130. The molecule has 1 amide bonds. The number of carbonyl (C=O) groups is 1. The van der Waals surface area contributed by atoms with Crippen LogP contribution in [0.2, 0.25) is 0 Å². The second-order valence-electron chi connectivity index (χ2n) is 6.36. The van der Waals surface area contributed by atoms with E-state index in [1.54, 1.807) is 26.1 Å². The summed E-state index contributed by atoms with van der Waals surface area (Å²) in [5.41, 5.74) is 1.58. The molecular formula is C20H21F2N3O4S. The van der Waals surface area contributed by atoms with E-state index >= 15 is 0 Å². The van der Waals surface area contributed by atoms with Crippen LogP contribution in [0.15, 0.2) is 39.4 Å². The summed E-state index contributed by atoms with van der Waals surface area (Å²) >= 11 is 1.53. The van der Waals surface area contributed by atoms with Crippen molar-refractivity contribution in [3.8, 4) is 23.0 Å². The number of carbonyl (C=O) groups excluding carboxylic acids is 1. The van der Waals surface area contributed by atoms with Gasteiger partial charge in [-0.1, -0.05) is 6.07 Å². The van der Waals surface area contributed by atoms with Crippen LogP contribution in [0, 0.1) is 0 Å². The number of aryl methyl sites for hydroxylation is 1. The minimum absolute atomic E-state index is 0.0394. The monoisotopic (exact) mass is 437 g/mol. The Morgan fingerprint density at radius 2 is 2.10 bits per heavy atom. The summed E-state index contributed by atoms with van der Waals surface area (Å²) in [6, 6.07) is 6.51. The van der Waals surface area contributed by atoms with Crippen molar-refractivity contribution in [2.45, 2.75) is 32.9 Å². The van der Waals surface area contributed by atoms with Crippen LogP contribution in [-0.4, -0.2) is 41.3 Å². The van der Waals surface area contributed by atoms with E-state index in [2.05, 4.69) is 14.9 Å². The highest BCUT2D eigenvalue weighted by Crippen LogP contribution is 2.30. The number of thiophene rings is 1. The van der Waals surface area contributed by atoms with E-state index in [1.807, 2.05) is 16.8 Å². The van der Waals surface area contributed by atoms with Crippen LogP contribution < -0.4 is 9.47 Å². The zero-order valence-electron chi connectivity index (χ0n) is 16.5. The number of alkyl halides is 2. The third-order valence-electron chi connectivity index (χ3n) is 4.16. The number of rotatable bonds is 10. The fourth-order valence-corrected chi connectivity index (χ4v) is 3.37. The van der Waals surface area contributed by atoms with Gasteiger partial charge in [0.15, 0.2) is 11.5 Å². The molecule has 0 atom stereocenters. The number of ether oxygens (including phenoxy) is 2. The van der Waals surface area contributed by atoms with Crippen LogP contribution in [0.25, 0.3) is 11.5 Å². The van der Waals surface area contributed by atoms with Crippen LogP contribution in [-0.2, 0) is 17.8 Å². The summed E-state index contributed by atoms with van der Waals surface area (Å²) in [5.74, 6) is 0.883. The minimum Gasteiger partial charge on any atom is -0.490 e. The SMILES string of the molecule is CCOc1cc(CN(C)C(=O)CCc2nnc(-c3ccsc3)o2)ccc1OC(F)F. The molecule has 0 aliphatic carbocycles. The molecule has 0 radical (unpaired) electrons. The lowest BCUT2D eigenvalue weighted by atomic mass is 10.1. The molecule has 0 saturated carbocycles. The quantitative estimate of drug-likeness (QED) is 0.468. The van der Waals surface area contributed by atoms with Crippen molar-refractivity contribution in [3.63, 3.8) is 0 Å². The standard InChI is InChI=1S/C20H21F2N3O4S/c1-3-27-16-10-13(4-5-15(16)28-20(21)22)11-25(2)18(26)7-6-17-23-24-19(29-17)14-8-9-30-12-14/h4-5,8-10,12,20H,3,6-7,11H2,1-2H3. The largest absolute Gasteiger partial charge is 0.490 e. The van der Waals surface area contributed by atoms with Gasteiger partial charge >= 0.3 is 6.61 Å². The molecule has 0 aliphatic rings. The number of aromatic nitrogens is 2. The molecule has 160 valence electrons. The van der Waals surface area contributed by atoms with Crippen LogP contribution in [0.3, 0.4) is 0 Å². The van der Waals surface area contributed by atoms with Gasteiger partial charge in [-0.2, -0.15) is 20.1 Å². The number of nitrogens with zero attached hydrogens (tertiary/aromatic N) is 3. The molecule has 3 rings (SSSR count). The van der Waals surface area contributed by atoms with Crippen molar-refractivity contribution < 1.29 is 27.5 Å². The predicted octanol–water partition coefficient (Wildman–Crippen LogP) is 4.39. The smallest absolute Gasteiger partial charge is 0.387 e. The molecule has 30 heavy (non-hydrogen) atoms. The molecule has 0 bridgehead atoms. The summed E-state index contributed by atoms with van der Waals surface area (Å²) in [7, 11) is 1.66. The fraction of sp³-hybridized carbons (Fsp3) is 0.350. The molecule has 10 heteroatoms. The Morgan fingerprint density at radius 1 is 1.27 bits per heavy atom. The summed E-state index contributed by atoms with van der Waals surface area (Å²) < 4.78 is 40.4. The first-order valence-electron chi connectivity index (χ1n) is 9.25. The number of benzene rings is 1. The van der Waals surface area contributed by atoms with Crippen molar-refractivity contribution in [3.05, 3.63) is 46.5 Å². The molecule has 0 N–H and O–H groups in total. The molecule has 1 aromatic carbocycles. The molecule has 0 spiro atoms. The maximum absolute atomic E-state index is 12.5. The average Bonchev–Trinajstić information content (AvgIpc) is 3.39. The van der Waals surface area contributed by atoms with Crippen molar-refractivity contribution in [1.29, 1.82) is 0 Å². The van der Waals surface area contributed by atoms with Crippen LogP contribution >= 0.6 is 11.3 Å². The van der Waals surface area contributed by atoms with Crippen molar-refractivity contribution in [2.24, 2.45) is 0 Å². The summed E-state index contributed by atoms with van der Waals surface area (Å²) in [4.78, 5) is 14.0. The Labute approximate surface area is 176 Å². The first kappa shape index (κ1) is 21.7. The van der Waals surface area contributed by atoms with Gasteiger partial charge in [0, 0.05) is 37.4 Å². The van der Waals surface area contributed by atoms with E-state index < -0.39 is 6.61 Å². The minimum atomic E-state index is -2.94. The second kappa shape index (κ2) is 10.1. The molecule has 3 aromatic rings. The number of amides is 1. The summed E-state index contributed by atoms with van der Waals surface area (Å²) in [6.45, 7) is -0.604. The Morgan fingerprint density at radius 3 is 2.80 bits per heavy atom. The molecule has 2 aromatic heterocycles. The van der Waals surface area contributed by atoms with E-state index in [0.717, 1.165) is 11.1 Å². The van der Waals surface area contributed by atoms with Gasteiger partial charge in [-0.25, -0.2) is 0 Å². The van der Waals surface area contributed by atoms with Crippen molar-refractivity contribution >= 4 is 17.2 Å². The zero-order valence-corrected chi connectivity index (χ0v) is 17.3. The molecule has 7 nitrogen and oxygen atoms in total. The molecule has 0 aliphatic heterocycles. The Balaban J connectivity index is 1.56. The van der Waals surface area contributed by atoms with E-state index in [9.17, 15) is 13.6 Å². The predicted molar refractivity (Wildman–Crippen MR) is 107 cm³/mol. The normalized spacial score (nSPS) is 11.0. The van der Waals surface area contributed by atoms with Gasteiger partial charge in [0.2, 0.25) is 17.7 Å². The van der Waals surface area contributed by atoms with Gasteiger partial charge in [0.1, 0.15) is 0 Å². The Bertz CT molecular complexity index is 963. The third-order valence-corrected chi connectivity index (χ3v) is 4.84. The van der Waals surface area contributed by atoms with Crippen LogP contribution in [0.4, 0.5) is 8.78 Å². The van der Waals surface area contributed by atoms with E-state index in [4.69, 9.17) is 9.15 Å². The second-order valence-corrected chi connectivity index (χ2v) is 7.14. The summed E-state index contributed by atoms with van der Waals surface area (Å²) in [6.07, 6.45) is 0.526. The van der Waals surface area contributed by atoms with Gasteiger partial charge in [0.25, 0.3) is 0 Å². The van der Waals surface area contributed by atoms with Crippen LogP contribution in [0.5, 0.6) is 11.5 Å². The van der Waals surface area contributed by atoms with Crippen molar-refractivity contribution in [2.75, 3.05) is 13.7 Å². The lowest BCUT2D eigenvalue weighted by Gasteiger charge is -2.18. The lowest BCUT2D eigenvalue weighted by Crippen LogP contribution is -2.26. The highest BCUT2D eigenvalue weighted by Gasteiger charge is 2.16. The molecule has 0 fully saturated rings. The van der Waals surface area contributed by atoms with Gasteiger partial charge in [-0.3, -0.25) is 4.79 Å². The molecule has 2 heterocycles. The highest BCUT2D eigenvalue weighted by atomic mass is 32.1. The van der Waals surface area contributed by atoms with E-state index in [0.29, 0.717) is 24.8 Å². The number of hydrogen-bond donors (Lipinski definition) is 0. The highest BCUT2D eigenvalue weighted by molar-refractivity contribution is 7.08. The maximum Gasteiger partial charge on any atom is 0.387 e. The van der Waals surface area contributed by atoms with Gasteiger partial charge < -0.3 is 18.8 Å².